The van der Waals surface area contributed by atoms with Crippen molar-refractivity contribution in [1.82, 2.24) is 19.8 Å². The van der Waals surface area contributed by atoms with Gasteiger partial charge < -0.3 is 21.1 Å². The Morgan fingerprint density at radius 3 is 2.75 bits per heavy atom. The van der Waals surface area contributed by atoms with Crippen molar-refractivity contribution in [3.05, 3.63) is 51.0 Å². The highest BCUT2D eigenvalue weighted by atomic mass is 35.5. The molecule has 0 aliphatic carbocycles. The Labute approximate surface area is 240 Å². The highest BCUT2D eigenvalue weighted by Crippen LogP contribution is 2.43. The molecular weight excluding hydrogens is 589 g/mol. The summed E-state index contributed by atoms with van der Waals surface area (Å²) in [7, 11) is 0. The molecule has 15 heteroatoms. The van der Waals surface area contributed by atoms with E-state index in [1.807, 2.05) is 12.1 Å². The van der Waals surface area contributed by atoms with Crippen molar-refractivity contribution < 1.29 is 27.9 Å². The summed E-state index contributed by atoms with van der Waals surface area (Å²) in [6.07, 6.45) is -3.24. The summed E-state index contributed by atoms with van der Waals surface area (Å²) in [5.74, 6) is -1.39. The van der Waals surface area contributed by atoms with Crippen molar-refractivity contribution in [3.63, 3.8) is 0 Å². The number of carbonyl (C=O) groups is 2. The van der Waals surface area contributed by atoms with Gasteiger partial charge in [-0.3, -0.25) is 14.5 Å². The van der Waals surface area contributed by atoms with E-state index in [1.54, 1.807) is 0 Å². The number of halogens is 4. The minimum atomic E-state index is -4.75. The van der Waals surface area contributed by atoms with E-state index in [9.17, 15) is 22.8 Å². The summed E-state index contributed by atoms with van der Waals surface area (Å²) in [6, 6.07) is 5.18. The number of alkyl halides is 3. The number of hydrogen-bond donors (Lipinski definition) is 3. The Morgan fingerprint density at radius 1 is 1.23 bits per heavy atom. The molecule has 2 aromatic heterocycles. The van der Waals surface area contributed by atoms with Gasteiger partial charge in [0.15, 0.2) is 0 Å². The molecule has 4 heterocycles. The van der Waals surface area contributed by atoms with Gasteiger partial charge in [-0.05, 0) is 35.7 Å². The number of aromatic nitrogens is 2. The van der Waals surface area contributed by atoms with E-state index in [2.05, 4.69) is 20.2 Å². The molecule has 212 valence electrons. The van der Waals surface area contributed by atoms with Gasteiger partial charge in [0, 0.05) is 49.6 Å². The molecule has 0 saturated heterocycles. The number of thioether (sulfide) groups is 1. The Hall–Kier alpha value is -2.91. The van der Waals surface area contributed by atoms with Gasteiger partial charge in [-0.1, -0.05) is 11.6 Å². The average molecular weight is 613 g/mol. The molecule has 2 aliphatic rings. The van der Waals surface area contributed by atoms with Gasteiger partial charge in [-0.15, -0.1) is 23.1 Å². The largest absolute Gasteiger partial charge is 0.480 e. The third kappa shape index (κ3) is 6.05. The molecule has 0 spiro atoms. The summed E-state index contributed by atoms with van der Waals surface area (Å²) in [5, 5.41) is 12.5. The number of rotatable bonds is 7. The van der Waals surface area contributed by atoms with E-state index in [-0.39, 0.29) is 27.9 Å². The average Bonchev–Trinajstić information content (AvgIpc) is 3.26. The molecule has 1 amide bonds. The fourth-order valence-corrected chi connectivity index (χ4v) is 7.22. The maximum Gasteiger partial charge on any atom is 0.420 e. The molecule has 3 aromatic rings. The smallest absolute Gasteiger partial charge is 0.420 e. The number of anilines is 2. The zero-order chi connectivity index (χ0) is 28.6. The second-order valence-electron chi connectivity index (χ2n) is 9.27. The summed E-state index contributed by atoms with van der Waals surface area (Å²) < 4.78 is 42.0. The maximum atomic E-state index is 14.0. The van der Waals surface area contributed by atoms with Crippen LogP contribution < -0.4 is 11.1 Å². The van der Waals surface area contributed by atoms with E-state index in [1.165, 1.54) is 22.7 Å². The molecule has 40 heavy (non-hydrogen) atoms. The first-order chi connectivity index (χ1) is 19.0. The predicted octanol–water partition coefficient (Wildman–Crippen LogP) is 4.57. The van der Waals surface area contributed by atoms with Crippen LogP contribution in [0.4, 0.5) is 24.8 Å². The number of carboxylic acids is 1. The molecule has 1 aromatic carbocycles. The summed E-state index contributed by atoms with van der Waals surface area (Å²) in [4.78, 5) is 36.5. The van der Waals surface area contributed by atoms with Crippen LogP contribution in [-0.2, 0) is 23.9 Å². The van der Waals surface area contributed by atoms with Gasteiger partial charge in [0.25, 0.3) is 5.91 Å². The van der Waals surface area contributed by atoms with Crippen LogP contribution in [0.3, 0.4) is 0 Å². The lowest BCUT2D eigenvalue weighted by Crippen LogP contribution is -2.36. The molecular formula is C25H24ClF3N6O3S2. The van der Waals surface area contributed by atoms with Gasteiger partial charge in [0.1, 0.15) is 17.0 Å². The number of nitrogens with one attached hydrogen (secondary N) is 1. The number of hydrogen-bond acceptors (Lipinski definition) is 9. The third-order valence-corrected chi connectivity index (χ3v) is 9.12. The number of carbonyl (C=O) groups excluding carboxylic acids is 1. The van der Waals surface area contributed by atoms with Crippen LogP contribution in [0.25, 0.3) is 10.6 Å². The van der Waals surface area contributed by atoms with Crippen LogP contribution in [0.1, 0.15) is 26.4 Å². The fourth-order valence-electron chi connectivity index (χ4n) is 4.64. The molecule has 0 bridgehead atoms. The van der Waals surface area contributed by atoms with Crippen LogP contribution in [-0.4, -0.2) is 75.2 Å². The van der Waals surface area contributed by atoms with Gasteiger partial charge in [0.2, 0.25) is 5.95 Å². The molecule has 0 fully saturated rings. The second kappa shape index (κ2) is 11.5. The summed E-state index contributed by atoms with van der Waals surface area (Å²) in [5.41, 5.74) is 6.84. The Balaban J connectivity index is 1.50. The monoisotopic (exact) mass is 612 g/mol. The third-order valence-electron chi connectivity index (χ3n) is 6.52. The van der Waals surface area contributed by atoms with E-state index >= 15 is 0 Å². The van der Waals surface area contributed by atoms with Gasteiger partial charge in [-0.25, -0.2) is 9.97 Å². The molecule has 5 rings (SSSR count). The van der Waals surface area contributed by atoms with Crippen LogP contribution >= 0.6 is 34.7 Å². The van der Waals surface area contributed by atoms with E-state index in [0.29, 0.717) is 40.6 Å². The summed E-state index contributed by atoms with van der Waals surface area (Å²) in [6.45, 7) is 2.53. The topological polar surface area (TPSA) is 125 Å². The van der Waals surface area contributed by atoms with Crippen LogP contribution in [0.2, 0.25) is 5.02 Å². The van der Waals surface area contributed by atoms with Crippen molar-refractivity contribution in [2.24, 2.45) is 5.73 Å². The van der Waals surface area contributed by atoms with Gasteiger partial charge >= 0.3 is 12.1 Å². The normalized spacial score (nSPS) is 15.9. The van der Waals surface area contributed by atoms with Crippen molar-refractivity contribution in [3.8, 4) is 10.6 Å². The molecule has 0 unspecified atom stereocenters. The number of benzene rings is 1. The number of fused-ring (bicyclic) bond motifs is 2. The minimum Gasteiger partial charge on any atom is -0.480 e. The highest BCUT2D eigenvalue weighted by Gasteiger charge is 2.37. The molecule has 4 N–H and O–H groups in total. The first-order valence-corrected chi connectivity index (χ1v) is 14.4. The zero-order valence-corrected chi connectivity index (χ0v) is 23.3. The lowest BCUT2D eigenvalue weighted by atomic mass is 9.99. The van der Waals surface area contributed by atoms with Crippen LogP contribution in [0.5, 0.6) is 0 Å². The Bertz CT molecular complexity index is 1470. The molecule has 9 nitrogen and oxygen atoms in total. The number of carboxylic acid groups (broad SMARTS) is 1. The Kier molecular flexibility index (Phi) is 8.25. The SMILES string of the molecule is NCCN1CCc2cc(Cl)c(Nc3ncc(C(F)(F)F)c(-c4cc5c(s4)C(=O)N(CC(=O)O)CCS5)n3)cc2C1. The van der Waals surface area contributed by atoms with Crippen molar-refractivity contribution in [1.29, 1.82) is 0 Å². The molecule has 0 atom stereocenters. The number of nitrogens with zero attached hydrogens (tertiary/aromatic N) is 4. The molecule has 0 radical (unpaired) electrons. The predicted molar refractivity (Wildman–Crippen MR) is 147 cm³/mol. The molecule has 0 saturated carbocycles. The standard InChI is InChI=1S/C25H24ClF3N6O3S2/c26-16-7-13-1-3-34(4-2-30)11-14(13)8-17(16)32-24-31-10-15(25(27,28)29)21(33-24)18-9-19-22(40-18)23(38)35(5-6-39-19)12-20(36)37/h7-10H,1-6,11-12,30H2,(H,36,37)(H,31,32,33). The van der Waals surface area contributed by atoms with Crippen LogP contribution in [0.15, 0.2) is 29.3 Å². The van der Waals surface area contributed by atoms with Crippen LogP contribution in [0, 0.1) is 0 Å². The number of aliphatic carboxylic acids is 1. The van der Waals surface area contributed by atoms with Gasteiger partial charge in [-0.2, -0.15) is 13.2 Å². The first kappa shape index (κ1) is 28.6. The second-order valence-corrected chi connectivity index (χ2v) is 11.9. The van der Waals surface area contributed by atoms with Crippen molar-refractivity contribution in [2.45, 2.75) is 24.0 Å². The number of nitrogens with two attached hydrogens (primary N) is 1. The minimum absolute atomic E-state index is 0.0884. The number of thiophene rings is 1. The first-order valence-electron chi connectivity index (χ1n) is 12.3. The van der Waals surface area contributed by atoms with E-state index in [4.69, 9.17) is 22.4 Å². The quantitative estimate of drug-likeness (QED) is 0.352. The lowest BCUT2D eigenvalue weighted by Gasteiger charge is -2.29. The lowest BCUT2D eigenvalue weighted by molar-refractivity contribution is -0.138. The Morgan fingerprint density at radius 2 is 2.02 bits per heavy atom. The maximum absolute atomic E-state index is 14.0. The molecule has 2 aliphatic heterocycles. The van der Waals surface area contributed by atoms with Gasteiger partial charge in [0.05, 0.1) is 21.3 Å². The van der Waals surface area contributed by atoms with E-state index in [0.717, 1.165) is 42.0 Å². The highest BCUT2D eigenvalue weighted by molar-refractivity contribution is 7.99. The number of amides is 1. The van der Waals surface area contributed by atoms with Crippen molar-refractivity contribution in [2.75, 3.05) is 43.8 Å². The van der Waals surface area contributed by atoms with Crippen molar-refractivity contribution >= 4 is 58.2 Å². The summed E-state index contributed by atoms with van der Waals surface area (Å²) >= 11 is 8.63. The fraction of sp³-hybridized carbons (Fsp3) is 0.360. The zero-order valence-electron chi connectivity index (χ0n) is 20.9. The van der Waals surface area contributed by atoms with E-state index < -0.39 is 30.2 Å².